The molecular formula is C15H23N3O. The van der Waals surface area contributed by atoms with Crippen LogP contribution in [0.25, 0.3) is 0 Å². The smallest absolute Gasteiger partial charge is 0.315 e. The van der Waals surface area contributed by atoms with E-state index in [4.69, 9.17) is 0 Å². The van der Waals surface area contributed by atoms with E-state index >= 15 is 0 Å². The molecule has 0 radical (unpaired) electrons. The highest BCUT2D eigenvalue weighted by Gasteiger charge is 2.33. The average Bonchev–Trinajstić information content (AvgIpc) is 3.10. The molecule has 19 heavy (non-hydrogen) atoms. The van der Waals surface area contributed by atoms with Crippen molar-refractivity contribution in [3.63, 3.8) is 0 Å². The van der Waals surface area contributed by atoms with E-state index in [1.165, 1.54) is 0 Å². The van der Waals surface area contributed by atoms with Crippen molar-refractivity contribution < 1.29 is 4.79 Å². The van der Waals surface area contributed by atoms with E-state index in [1.54, 1.807) is 0 Å². The lowest BCUT2D eigenvalue weighted by Crippen LogP contribution is -2.36. The Morgan fingerprint density at radius 3 is 2.58 bits per heavy atom. The molecule has 0 unspecified atom stereocenters. The largest absolute Gasteiger partial charge is 0.385 e. The Labute approximate surface area is 115 Å². The molecule has 2 amide bonds. The van der Waals surface area contributed by atoms with Gasteiger partial charge in [0.25, 0.3) is 0 Å². The quantitative estimate of drug-likeness (QED) is 0.737. The van der Waals surface area contributed by atoms with Gasteiger partial charge in [0, 0.05) is 24.8 Å². The molecule has 1 aromatic carbocycles. The molecule has 1 aromatic rings. The normalized spacial score (nSPS) is 20.7. The number of carbonyl (C=O) groups is 1. The van der Waals surface area contributed by atoms with Crippen LogP contribution in [0.4, 0.5) is 10.5 Å². The number of urea groups is 1. The molecule has 2 rings (SSSR count). The molecule has 0 heterocycles. The first-order valence-corrected chi connectivity index (χ1v) is 7.06. The Morgan fingerprint density at radius 1 is 1.32 bits per heavy atom. The maximum absolute atomic E-state index is 11.6. The van der Waals surface area contributed by atoms with Crippen LogP contribution in [0.3, 0.4) is 0 Å². The highest BCUT2D eigenvalue weighted by atomic mass is 16.2. The first-order chi connectivity index (χ1) is 9.19. The van der Waals surface area contributed by atoms with E-state index in [-0.39, 0.29) is 6.03 Å². The highest BCUT2D eigenvalue weighted by molar-refractivity contribution is 5.74. The van der Waals surface area contributed by atoms with E-state index in [1.807, 2.05) is 24.3 Å². The second kappa shape index (κ2) is 6.45. The molecule has 4 heteroatoms. The summed E-state index contributed by atoms with van der Waals surface area (Å²) in [4.78, 5) is 11.6. The fourth-order valence-corrected chi connectivity index (χ4v) is 1.93. The highest BCUT2D eigenvalue weighted by Crippen LogP contribution is 2.28. The van der Waals surface area contributed by atoms with Gasteiger partial charge in [-0.3, -0.25) is 0 Å². The third kappa shape index (κ3) is 4.47. The molecule has 1 aliphatic carbocycles. The van der Waals surface area contributed by atoms with Crippen LogP contribution >= 0.6 is 0 Å². The molecule has 2 atom stereocenters. The third-order valence-corrected chi connectivity index (χ3v) is 3.41. The summed E-state index contributed by atoms with van der Waals surface area (Å²) in [7, 11) is 0. The lowest BCUT2D eigenvalue weighted by Gasteiger charge is -2.08. The van der Waals surface area contributed by atoms with E-state index in [0.29, 0.717) is 18.5 Å². The summed E-state index contributed by atoms with van der Waals surface area (Å²) in [5, 5.41) is 9.16. The minimum atomic E-state index is -0.0671. The summed E-state index contributed by atoms with van der Waals surface area (Å²) in [5.41, 5.74) is 2.24. The Morgan fingerprint density at radius 2 is 2.00 bits per heavy atom. The van der Waals surface area contributed by atoms with Crippen LogP contribution in [0.5, 0.6) is 0 Å². The predicted octanol–water partition coefficient (Wildman–Crippen LogP) is 2.72. The zero-order valence-corrected chi connectivity index (χ0v) is 11.7. The third-order valence-electron chi connectivity index (χ3n) is 3.41. The van der Waals surface area contributed by atoms with Gasteiger partial charge in [0.1, 0.15) is 0 Å². The van der Waals surface area contributed by atoms with Crippen LogP contribution in [0, 0.1) is 5.92 Å². The van der Waals surface area contributed by atoms with E-state index in [9.17, 15) is 4.79 Å². The predicted molar refractivity (Wildman–Crippen MR) is 78.2 cm³/mol. The van der Waals surface area contributed by atoms with Gasteiger partial charge in [0.05, 0.1) is 0 Å². The van der Waals surface area contributed by atoms with Crippen molar-refractivity contribution in [2.75, 3.05) is 11.9 Å². The van der Waals surface area contributed by atoms with Crippen molar-refractivity contribution >= 4 is 11.7 Å². The molecule has 104 valence electrons. The van der Waals surface area contributed by atoms with Gasteiger partial charge < -0.3 is 16.0 Å². The van der Waals surface area contributed by atoms with Crippen molar-refractivity contribution in [2.24, 2.45) is 5.92 Å². The number of hydrogen-bond acceptors (Lipinski definition) is 2. The Kier molecular flexibility index (Phi) is 4.66. The minimum Gasteiger partial charge on any atom is -0.385 e. The molecule has 0 aromatic heterocycles. The van der Waals surface area contributed by atoms with Crippen LogP contribution in [-0.4, -0.2) is 18.6 Å². The fourth-order valence-electron chi connectivity index (χ4n) is 1.93. The number of nitrogens with one attached hydrogen (secondary N) is 3. The first-order valence-electron chi connectivity index (χ1n) is 7.06. The summed E-state index contributed by atoms with van der Waals surface area (Å²) in [5.74, 6) is 0.634. The molecule has 0 aliphatic heterocycles. The van der Waals surface area contributed by atoms with Gasteiger partial charge in [-0.25, -0.2) is 4.79 Å². The minimum absolute atomic E-state index is 0.0671. The Balaban J connectivity index is 1.71. The molecular weight excluding hydrogens is 238 g/mol. The van der Waals surface area contributed by atoms with Crippen LogP contribution in [0.15, 0.2) is 24.3 Å². The van der Waals surface area contributed by atoms with Crippen molar-refractivity contribution in [1.82, 2.24) is 10.6 Å². The lowest BCUT2D eigenvalue weighted by atomic mass is 10.2. The summed E-state index contributed by atoms with van der Waals surface area (Å²) in [6, 6.07) is 8.49. The average molecular weight is 261 g/mol. The monoisotopic (exact) mass is 261 g/mol. The number of benzene rings is 1. The van der Waals surface area contributed by atoms with E-state index in [0.717, 1.165) is 30.6 Å². The molecule has 0 bridgehead atoms. The van der Waals surface area contributed by atoms with Gasteiger partial charge in [-0.1, -0.05) is 26.0 Å². The van der Waals surface area contributed by atoms with E-state index in [2.05, 4.69) is 29.8 Å². The molecule has 1 saturated carbocycles. The maximum atomic E-state index is 11.6. The molecule has 0 saturated heterocycles. The second-order valence-electron chi connectivity index (χ2n) is 5.27. The van der Waals surface area contributed by atoms with Crippen molar-refractivity contribution in [2.45, 2.75) is 39.3 Å². The topological polar surface area (TPSA) is 53.2 Å². The zero-order chi connectivity index (χ0) is 13.7. The van der Waals surface area contributed by atoms with Crippen LogP contribution in [0.1, 0.15) is 32.3 Å². The molecule has 1 aliphatic rings. The summed E-state index contributed by atoms with van der Waals surface area (Å²) < 4.78 is 0. The van der Waals surface area contributed by atoms with Gasteiger partial charge in [-0.2, -0.15) is 0 Å². The van der Waals surface area contributed by atoms with Gasteiger partial charge in [-0.15, -0.1) is 0 Å². The SMILES string of the molecule is CCCNc1ccc(CNC(=O)N[C@H]2C[C@@H]2C)cc1. The van der Waals surface area contributed by atoms with Gasteiger partial charge in [0.2, 0.25) is 0 Å². The lowest BCUT2D eigenvalue weighted by molar-refractivity contribution is 0.239. The zero-order valence-electron chi connectivity index (χ0n) is 11.7. The number of anilines is 1. The van der Waals surface area contributed by atoms with Crippen molar-refractivity contribution in [3.05, 3.63) is 29.8 Å². The fraction of sp³-hybridized carbons (Fsp3) is 0.533. The van der Waals surface area contributed by atoms with Crippen LogP contribution in [-0.2, 0) is 6.54 Å². The molecule has 1 fully saturated rings. The van der Waals surface area contributed by atoms with Crippen molar-refractivity contribution in [3.8, 4) is 0 Å². The summed E-state index contributed by atoms with van der Waals surface area (Å²) in [6.07, 6.45) is 2.22. The summed E-state index contributed by atoms with van der Waals surface area (Å²) in [6.45, 7) is 5.85. The second-order valence-corrected chi connectivity index (χ2v) is 5.27. The van der Waals surface area contributed by atoms with Crippen molar-refractivity contribution in [1.29, 1.82) is 0 Å². The number of hydrogen-bond donors (Lipinski definition) is 3. The van der Waals surface area contributed by atoms with Gasteiger partial charge in [-0.05, 0) is 36.5 Å². The molecule has 3 N–H and O–H groups in total. The molecule has 4 nitrogen and oxygen atoms in total. The van der Waals surface area contributed by atoms with Crippen LogP contribution in [0.2, 0.25) is 0 Å². The first kappa shape index (κ1) is 13.7. The summed E-state index contributed by atoms with van der Waals surface area (Å²) >= 11 is 0. The van der Waals surface area contributed by atoms with E-state index < -0.39 is 0 Å². The van der Waals surface area contributed by atoms with Crippen LogP contribution < -0.4 is 16.0 Å². The number of amides is 2. The Hall–Kier alpha value is -1.71. The maximum Gasteiger partial charge on any atom is 0.315 e. The van der Waals surface area contributed by atoms with Gasteiger partial charge in [0.15, 0.2) is 0 Å². The number of rotatable bonds is 6. The number of carbonyl (C=O) groups excluding carboxylic acids is 1. The molecule has 0 spiro atoms. The Bertz CT molecular complexity index is 416. The van der Waals surface area contributed by atoms with Gasteiger partial charge >= 0.3 is 6.03 Å². The standard InChI is InChI=1S/C15H23N3O/c1-3-8-16-13-6-4-12(5-7-13)10-17-15(19)18-14-9-11(14)2/h4-7,11,14,16H,3,8-10H2,1-2H3,(H2,17,18,19)/t11-,14-/m0/s1.